The molecule has 0 atom stereocenters. The molecular formula is C13H21NO. The largest absolute Gasteiger partial charge is 0.497 e. The van der Waals surface area contributed by atoms with E-state index >= 15 is 0 Å². The average Bonchev–Trinajstić information content (AvgIpc) is 2.29. The molecule has 0 unspecified atom stereocenters. The Morgan fingerprint density at radius 1 is 1.13 bits per heavy atom. The number of methoxy groups -OCH3 is 1. The molecule has 0 saturated carbocycles. The molecule has 1 aromatic carbocycles. The summed E-state index contributed by atoms with van der Waals surface area (Å²) in [5, 5.41) is 0. The smallest absolute Gasteiger partial charge is 0.119 e. The van der Waals surface area contributed by atoms with Crippen molar-refractivity contribution in [2.75, 3.05) is 13.7 Å². The highest BCUT2D eigenvalue weighted by Gasteiger charge is 2.00. The Balaban J connectivity index is 2.68. The van der Waals surface area contributed by atoms with Gasteiger partial charge in [0.05, 0.1) is 7.11 Å². The molecule has 84 valence electrons. The van der Waals surface area contributed by atoms with Crippen LogP contribution in [0.2, 0.25) is 0 Å². The molecule has 0 amide bonds. The molecule has 0 saturated heterocycles. The lowest BCUT2D eigenvalue weighted by atomic mass is 10.0. The number of hydrogen-bond acceptors (Lipinski definition) is 2. The van der Waals surface area contributed by atoms with Gasteiger partial charge in [-0.25, -0.2) is 0 Å². The van der Waals surface area contributed by atoms with Crippen molar-refractivity contribution < 1.29 is 4.74 Å². The van der Waals surface area contributed by atoms with Gasteiger partial charge in [0.2, 0.25) is 0 Å². The third-order valence-corrected chi connectivity index (χ3v) is 2.59. The number of ether oxygens (including phenoxy) is 1. The lowest BCUT2D eigenvalue weighted by Gasteiger charge is -2.07. The molecule has 0 aliphatic carbocycles. The van der Waals surface area contributed by atoms with Gasteiger partial charge in [0.15, 0.2) is 0 Å². The van der Waals surface area contributed by atoms with E-state index in [-0.39, 0.29) is 0 Å². The Morgan fingerprint density at radius 3 is 2.47 bits per heavy atom. The first-order chi connectivity index (χ1) is 7.30. The molecule has 0 bridgehead atoms. The number of hydrogen-bond donors (Lipinski definition) is 1. The summed E-state index contributed by atoms with van der Waals surface area (Å²) in [7, 11) is 1.72. The van der Waals surface area contributed by atoms with Crippen LogP contribution in [0.25, 0.3) is 0 Å². The van der Waals surface area contributed by atoms with Crippen LogP contribution in [-0.2, 0) is 12.8 Å². The normalized spacial score (nSPS) is 10.3. The van der Waals surface area contributed by atoms with Crippen LogP contribution in [-0.4, -0.2) is 13.7 Å². The summed E-state index contributed by atoms with van der Waals surface area (Å²) in [6.07, 6.45) is 4.41. The molecule has 0 aliphatic heterocycles. The summed E-state index contributed by atoms with van der Waals surface area (Å²) in [6.45, 7) is 2.95. The van der Waals surface area contributed by atoms with Crippen molar-refractivity contribution in [3.05, 3.63) is 29.3 Å². The number of benzene rings is 1. The zero-order valence-electron chi connectivity index (χ0n) is 9.75. The minimum Gasteiger partial charge on any atom is -0.497 e. The molecule has 0 radical (unpaired) electrons. The SMILES string of the molecule is CCc1cc(CCCCN)cc(OC)c1. The molecule has 15 heavy (non-hydrogen) atoms. The third kappa shape index (κ3) is 3.92. The van der Waals surface area contributed by atoms with Gasteiger partial charge in [-0.05, 0) is 55.5 Å². The Morgan fingerprint density at radius 2 is 1.87 bits per heavy atom. The summed E-state index contributed by atoms with van der Waals surface area (Å²) in [6, 6.07) is 6.49. The van der Waals surface area contributed by atoms with Gasteiger partial charge in [0, 0.05) is 0 Å². The van der Waals surface area contributed by atoms with Crippen molar-refractivity contribution in [1.82, 2.24) is 0 Å². The second kappa shape index (κ2) is 6.46. The van der Waals surface area contributed by atoms with E-state index in [0.29, 0.717) is 0 Å². The maximum atomic E-state index is 5.48. The molecule has 1 aromatic rings. The molecule has 0 aromatic heterocycles. The predicted molar refractivity (Wildman–Crippen MR) is 64.4 cm³/mol. The van der Waals surface area contributed by atoms with E-state index in [1.54, 1.807) is 7.11 Å². The first kappa shape index (κ1) is 12.1. The zero-order chi connectivity index (χ0) is 11.1. The molecule has 0 fully saturated rings. The van der Waals surface area contributed by atoms with Gasteiger partial charge in [-0.3, -0.25) is 0 Å². The van der Waals surface area contributed by atoms with Crippen molar-refractivity contribution in [2.45, 2.75) is 32.6 Å². The maximum Gasteiger partial charge on any atom is 0.119 e. The van der Waals surface area contributed by atoms with Crippen molar-refractivity contribution in [3.63, 3.8) is 0 Å². The second-order valence-corrected chi connectivity index (χ2v) is 3.79. The molecule has 2 nitrogen and oxygen atoms in total. The van der Waals surface area contributed by atoms with Crippen molar-refractivity contribution in [3.8, 4) is 5.75 Å². The zero-order valence-corrected chi connectivity index (χ0v) is 9.75. The van der Waals surface area contributed by atoms with Crippen molar-refractivity contribution in [1.29, 1.82) is 0 Å². The highest BCUT2D eigenvalue weighted by atomic mass is 16.5. The highest BCUT2D eigenvalue weighted by Crippen LogP contribution is 2.18. The van der Waals surface area contributed by atoms with Crippen molar-refractivity contribution >= 4 is 0 Å². The van der Waals surface area contributed by atoms with Crippen LogP contribution >= 0.6 is 0 Å². The predicted octanol–water partition coefficient (Wildman–Crippen LogP) is 2.54. The van der Waals surface area contributed by atoms with Gasteiger partial charge in [-0.1, -0.05) is 13.0 Å². The summed E-state index contributed by atoms with van der Waals surface area (Å²) in [5.41, 5.74) is 8.19. The topological polar surface area (TPSA) is 35.2 Å². The lowest BCUT2D eigenvalue weighted by molar-refractivity contribution is 0.413. The van der Waals surface area contributed by atoms with Gasteiger partial charge in [0.1, 0.15) is 5.75 Å². The van der Waals surface area contributed by atoms with Crippen LogP contribution in [0, 0.1) is 0 Å². The summed E-state index contributed by atoms with van der Waals surface area (Å²) in [4.78, 5) is 0. The van der Waals surface area contributed by atoms with Gasteiger partial charge in [-0.2, -0.15) is 0 Å². The first-order valence-electron chi connectivity index (χ1n) is 5.67. The fourth-order valence-electron chi connectivity index (χ4n) is 1.67. The average molecular weight is 207 g/mol. The molecule has 0 spiro atoms. The highest BCUT2D eigenvalue weighted by molar-refractivity contribution is 5.34. The van der Waals surface area contributed by atoms with Gasteiger partial charge >= 0.3 is 0 Å². The molecule has 2 N–H and O–H groups in total. The van der Waals surface area contributed by atoms with E-state index < -0.39 is 0 Å². The maximum absolute atomic E-state index is 5.48. The van der Waals surface area contributed by atoms with E-state index in [9.17, 15) is 0 Å². The second-order valence-electron chi connectivity index (χ2n) is 3.79. The van der Waals surface area contributed by atoms with Crippen LogP contribution in [0.1, 0.15) is 30.9 Å². The Kier molecular flexibility index (Phi) is 5.19. The number of rotatable bonds is 6. The fourth-order valence-corrected chi connectivity index (χ4v) is 1.67. The van der Waals surface area contributed by atoms with E-state index in [0.717, 1.165) is 38.0 Å². The number of nitrogens with two attached hydrogens (primary N) is 1. The summed E-state index contributed by atoms with van der Waals surface area (Å²) >= 11 is 0. The van der Waals surface area contributed by atoms with Gasteiger partial charge in [0.25, 0.3) is 0 Å². The van der Waals surface area contributed by atoms with E-state index in [1.807, 2.05) is 0 Å². The molecule has 2 heteroatoms. The minimum atomic E-state index is 0.782. The standard InChI is InChI=1S/C13H21NO/c1-3-11-8-12(6-4-5-7-14)10-13(9-11)15-2/h8-10H,3-7,14H2,1-2H3. The van der Waals surface area contributed by atoms with Crippen LogP contribution in [0.3, 0.4) is 0 Å². The molecular weight excluding hydrogens is 186 g/mol. The monoisotopic (exact) mass is 207 g/mol. The molecule has 1 rings (SSSR count). The van der Waals surface area contributed by atoms with Gasteiger partial charge < -0.3 is 10.5 Å². The van der Waals surface area contributed by atoms with Crippen molar-refractivity contribution in [2.24, 2.45) is 5.73 Å². The van der Waals surface area contributed by atoms with E-state index in [4.69, 9.17) is 10.5 Å². The quantitative estimate of drug-likeness (QED) is 0.727. The van der Waals surface area contributed by atoms with Gasteiger partial charge in [-0.15, -0.1) is 0 Å². The fraction of sp³-hybridized carbons (Fsp3) is 0.538. The van der Waals surface area contributed by atoms with Crippen LogP contribution in [0.4, 0.5) is 0 Å². The van der Waals surface area contributed by atoms with Crippen LogP contribution in [0.15, 0.2) is 18.2 Å². The first-order valence-corrected chi connectivity index (χ1v) is 5.67. The van der Waals surface area contributed by atoms with E-state index in [2.05, 4.69) is 25.1 Å². The van der Waals surface area contributed by atoms with Crippen LogP contribution in [0.5, 0.6) is 5.75 Å². The minimum absolute atomic E-state index is 0.782. The number of aryl methyl sites for hydroxylation is 2. The van der Waals surface area contributed by atoms with Crippen LogP contribution < -0.4 is 10.5 Å². The Hall–Kier alpha value is -1.02. The summed E-state index contributed by atoms with van der Waals surface area (Å²) in [5.74, 6) is 0.970. The summed E-state index contributed by atoms with van der Waals surface area (Å²) < 4.78 is 5.28. The Bertz CT molecular complexity index is 274. The molecule has 0 heterocycles. The Labute approximate surface area is 92.4 Å². The lowest BCUT2D eigenvalue weighted by Crippen LogP contribution is -1.99. The third-order valence-electron chi connectivity index (χ3n) is 2.59. The number of unbranched alkanes of at least 4 members (excludes halogenated alkanes) is 1. The van der Waals surface area contributed by atoms with E-state index in [1.165, 1.54) is 11.1 Å². The molecule has 0 aliphatic rings.